The Kier molecular flexibility index (Phi) is 4.49. The summed E-state index contributed by atoms with van der Waals surface area (Å²) in [6.45, 7) is 1.70. The van der Waals surface area contributed by atoms with Crippen LogP contribution in [0.3, 0.4) is 0 Å². The number of hydrogen-bond donors (Lipinski definition) is 1. The van der Waals surface area contributed by atoms with E-state index in [0.29, 0.717) is 32.1 Å². The monoisotopic (exact) mass is 285 g/mol. The lowest BCUT2D eigenvalue weighted by atomic mass is 10.2. The molecule has 0 aliphatic carbocycles. The van der Waals surface area contributed by atoms with E-state index in [4.69, 9.17) is 4.74 Å². The van der Waals surface area contributed by atoms with Gasteiger partial charge in [0.2, 0.25) is 0 Å². The molecule has 3 atom stereocenters. The van der Waals surface area contributed by atoms with Crippen LogP contribution < -0.4 is 0 Å². The molecule has 2 aliphatic heterocycles. The van der Waals surface area contributed by atoms with Crippen molar-refractivity contribution >= 4 is 12.0 Å². The Balaban J connectivity index is 2.02. The number of hydrogen-bond acceptors (Lipinski definition) is 4. The second-order valence-corrected chi connectivity index (χ2v) is 5.73. The van der Waals surface area contributed by atoms with E-state index >= 15 is 0 Å². The smallest absolute Gasteiger partial charge is 0.326 e. The van der Waals surface area contributed by atoms with Crippen LogP contribution >= 0.6 is 0 Å². The summed E-state index contributed by atoms with van der Waals surface area (Å²) < 4.78 is 5.21. The van der Waals surface area contributed by atoms with Gasteiger partial charge in [-0.2, -0.15) is 0 Å². The van der Waals surface area contributed by atoms with Crippen LogP contribution in [0, 0.1) is 0 Å². The summed E-state index contributed by atoms with van der Waals surface area (Å²) in [5.74, 6) is -0.957. The van der Waals surface area contributed by atoms with E-state index in [1.807, 2.05) is 14.1 Å². The molecule has 2 rings (SSSR count). The highest BCUT2D eigenvalue weighted by Gasteiger charge is 2.42. The third-order valence-corrected chi connectivity index (χ3v) is 4.29. The van der Waals surface area contributed by atoms with Crippen molar-refractivity contribution < 1.29 is 19.4 Å². The van der Waals surface area contributed by atoms with E-state index in [2.05, 4.69) is 4.90 Å². The molecular weight excluding hydrogens is 262 g/mol. The molecule has 7 nitrogen and oxygen atoms in total. The van der Waals surface area contributed by atoms with Gasteiger partial charge in [0.05, 0.1) is 6.10 Å². The average Bonchev–Trinajstić information content (AvgIpc) is 3.04. The van der Waals surface area contributed by atoms with Gasteiger partial charge in [-0.25, -0.2) is 9.59 Å². The molecule has 0 spiro atoms. The molecule has 2 heterocycles. The zero-order chi connectivity index (χ0) is 14.9. The van der Waals surface area contributed by atoms with E-state index in [1.165, 1.54) is 4.90 Å². The van der Waals surface area contributed by atoms with Crippen molar-refractivity contribution in [1.82, 2.24) is 14.7 Å². The molecule has 2 saturated heterocycles. The summed E-state index contributed by atoms with van der Waals surface area (Å²) in [6.07, 6.45) is 1.10. The zero-order valence-corrected chi connectivity index (χ0v) is 12.3. The van der Waals surface area contributed by atoms with Crippen molar-refractivity contribution in [2.75, 3.05) is 40.8 Å². The summed E-state index contributed by atoms with van der Waals surface area (Å²) in [4.78, 5) is 29.1. The van der Waals surface area contributed by atoms with Crippen LogP contribution in [0.25, 0.3) is 0 Å². The predicted molar refractivity (Wildman–Crippen MR) is 72.6 cm³/mol. The molecule has 0 bridgehead atoms. The number of rotatable bonds is 3. The number of carbonyl (C=O) groups is 2. The lowest BCUT2D eigenvalue weighted by Gasteiger charge is -2.28. The topological polar surface area (TPSA) is 73.3 Å². The van der Waals surface area contributed by atoms with Gasteiger partial charge < -0.3 is 24.5 Å². The largest absolute Gasteiger partial charge is 0.480 e. The van der Waals surface area contributed by atoms with Crippen molar-refractivity contribution in [1.29, 1.82) is 0 Å². The molecule has 0 aromatic heterocycles. The molecular formula is C13H23N3O4. The first-order valence-corrected chi connectivity index (χ1v) is 6.91. The van der Waals surface area contributed by atoms with Gasteiger partial charge >= 0.3 is 12.0 Å². The van der Waals surface area contributed by atoms with Crippen LogP contribution in [0.1, 0.15) is 12.8 Å². The Morgan fingerprint density at radius 1 is 1.30 bits per heavy atom. The van der Waals surface area contributed by atoms with E-state index in [-0.39, 0.29) is 12.1 Å². The Labute approximate surface area is 119 Å². The van der Waals surface area contributed by atoms with E-state index in [9.17, 15) is 14.7 Å². The highest BCUT2D eigenvalue weighted by atomic mass is 16.5. The fraction of sp³-hybridized carbons (Fsp3) is 0.846. The van der Waals surface area contributed by atoms with Crippen molar-refractivity contribution in [2.45, 2.75) is 31.0 Å². The highest BCUT2D eigenvalue weighted by molar-refractivity contribution is 5.83. The maximum atomic E-state index is 12.5. The van der Waals surface area contributed by atoms with Crippen molar-refractivity contribution in [3.8, 4) is 0 Å². The number of methoxy groups -OCH3 is 1. The number of aliphatic carboxylic acids is 1. The molecule has 2 amide bonds. The minimum atomic E-state index is -0.957. The van der Waals surface area contributed by atoms with E-state index in [1.54, 1.807) is 12.0 Å². The first-order chi connectivity index (χ1) is 9.43. The summed E-state index contributed by atoms with van der Waals surface area (Å²) in [6, 6.07) is -0.602. The molecule has 0 aromatic rings. The van der Waals surface area contributed by atoms with Crippen LogP contribution in [0.15, 0.2) is 0 Å². The van der Waals surface area contributed by atoms with Gasteiger partial charge in [0.25, 0.3) is 0 Å². The number of carboxylic acids is 1. The lowest BCUT2D eigenvalue weighted by Crippen LogP contribution is -2.48. The van der Waals surface area contributed by atoms with Gasteiger partial charge in [-0.3, -0.25) is 0 Å². The van der Waals surface area contributed by atoms with Gasteiger partial charge in [-0.05, 0) is 20.5 Å². The lowest BCUT2D eigenvalue weighted by molar-refractivity contribution is -0.141. The first kappa shape index (κ1) is 15.1. The summed E-state index contributed by atoms with van der Waals surface area (Å²) in [7, 11) is 5.54. The number of nitrogens with zero attached hydrogens (tertiary/aromatic N) is 3. The minimum absolute atomic E-state index is 0.179. The first-order valence-electron chi connectivity index (χ1n) is 6.91. The minimum Gasteiger partial charge on any atom is -0.480 e. The van der Waals surface area contributed by atoms with Crippen LogP contribution in [0.4, 0.5) is 4.79 Å². The van der Waals surface area contributed by atoms with Gasteiger partial charge in [-0.1, -0.05) is 0 Å². The summed E-state index contributed by atoms with van der Waals surface area (Å²) >= 11 is 0. The van der Waals surface area contributed by atoms with Gasteiger partial charge in [-0.15, -0.1) is 0 Å². The van der Waals surface area contributed by atoms with Crippen LogP contribution in [0.5, 0.6) is 0 Å². The zero-order valence-electron chi connectivity index (χ0n) is 12.3. The second kappa shape index (κ2) is 5.97. The van der Waals surface area contributed by atoms with Crippen molar-refractivity contribution in [3.63, 3.8) is 0 Å². The molecule has 2 fully saturated rings. The molecule has 0 radical (unpaired) electrons. The van der Waals surface area contributed by atoms with Crippen LogP contribution in [0.2, 0.25) is 0 Å². The fourth-order valence-electron chi connectivity index (χ4n) is 2.93. The highest BCUT2D eigenvalue weighted by Crippen LogP contribution is 2.24. The Hall–Kier alpha value is -1.34. The second-order valence-electron chi connectivity index (χ2n) is 5.73. The number of urea groups is 1. The molecule has 7 heteroatoms. The molecule has 3 unspecified atom stereocenters. The quantitative estimate of drug-likeness (QED) is 0.785. The molecule has 1 N–H and O–H groups in total. The van der Waals surface area contributed by atoms with Crippen LogP contribution in [-0.4, -0.2) is 90.8 Å². The molecule has 114 valence electrons. The Bertz CT molecular complexity index is 388. The molecule has 0 aromatic carbocycles. The van der Waals surface area contributed by atoms with Crippen molar-refractivity contribution in [2.24, 2.45) is 0 Å². The SMILES string of the molecule is COC1CC(C(=O)O)N(C(=O)N2CCC(N(C)C)C2)C1. The normalized spacial score (nSPS) is 30.3. The fourth-order valence-corrected chi connectivity index (χ4v) is 2.93. The van der Waals surface area contributed by atoms with Gasteiger partial charge in [0, 0.05) is 39.2 Å². The standard InChI is InChI=1S/C13H23N3O4/c1-14(2)9-4-5-15(7-9)13(19)16-8-10(20-3)6-11(16)12(17)18/h9-11H,4-8H2,1-3H3,(H,17,18). The maximum Gasteiger partial charge on any atom is 0.326 e. The van der Waals surface area contributed by atoms with E-state index < -0.39 is 12.0 Å². The average molecular weight is 285 g/mol. The molecule has 2 aliphatic rings. The van der Waals surface area contributed by atoms with E-state index in [0.717, 1.165) is 6.42 Å². The molecule has 20 heavy (non-hydrogen) atoms. The number of ether oxygens (including phenoxy) is 1. The Morgan fingerprint density at radius 3 is 2.50 bits per heavy atom. The number of carboxylic acid groups (broad SMARTS) is 1. The predicted octanol–water partition coefficient (Wildman–Crippen LogP) is -0.0838. The Morgan fingerprint density at radius 2 is 2.00 bits per heavy atom. The number of likely N-dealkylation sites (N-methyl/N-ethyl adjacent to an activating group) is 1. The number of amides is 2. The summed E-state index contributed by atoms with van der Waals surface area (Å²) in [5.41, 5.74) is 0. The van der Waals surface area contributed by atoms with Crippen LogP contribution in [-0.2, 0) is 9.53 Å². The van der Waals surface area contributed by atoms with Gasteiger partial charge in [0.1, 0.15) is 6.04 Å². The number of carbonyl (C=O) groups excluding carboxylic acids is 1. The third kappa shape index (κ3) is 2.88. The number of likely N-dealkylation sites (tertiary alicyclic amines) is 2. The van der Waals surface area contributed by atoms with Gasteiger partial charge in [0.15, 0.2) is 0 Å². The van der Waals surface area contributed by atoms with Crippen molar-refractivity contribution in [3.05, 3.63) is 0 Å². The third-order valence-electron chi connectivity index (χ3n) is 4.29. The maximum absolute atomic E-state index is 12.5. The summed E-state index contributed by atoms with van der Waals surface area (Å²) in [5, 5.41) is 9.25. The molecule has 0 saturated carbocycles.